The van der Waals surface area contributed by atoms with E-state index in [0.29, 0.717) is 11.6 Å². The lowest BCUT2D eigenvalue weighted by atomic mass is 10.3. The lowest BCUT2D eigenvalue weighted by Gasteiger charge is -2.07. The van der Waals surface area contributed by atoms with E-state index in [0.717, 1.165) is 37.3 Å². The molecule has 2 aromatic heterocycles. The Kier molecular flexibility index (Phi) is 4.30. The van der Waals surface area contributed by atoms with E-state index in [4.69, 9.17) is 4.74 Å². The number of aromatic nitrogens is 4. The Balaban J connectivity index is 2.04. The summed E-state index contributed by atoms with van der Waals surface area (Å²) in [6, 6.07) is 0. The van der Waals surface area contributed by atoms with Crippen LogP contribution in [0.4, 0.5) is 11.8 Å². The maximum absolute atomic E-state index is 5.01. The van der Waals surface area contributed by atoms with E-state index in [2.05, 4.69) is 30.6 Å². The van der Waals surface area contributed by atoms with Gasteiger partial charge in [0.15, 0.2) is 11.5 Å². The lowest BCUT2D eigenvalue weighted by Crippen LogP contribution is -2.07. The Hall–Kier alpha value is -1.89. The average Bonchev–Trinajstić information content (AvgIpc) is 2.86. The number of nitrogens with one attached hydrogen (secondary N) is 3. The van der Waals surface area contributed by atoms with Crippen LogP contribution in [0.1, 0.15) is 12.8 Å². The van der Waals surface area contributed by atoms with Gasteiger partial charge in [-0.15, -0.1) is 0 Å². The van der Waals surface area contributed by atoms with Crippen molar-refractivity contribution in [1.29, 1.82) is 0 Å². The second kappa shape index (κ2) is 6.15. The number of nitrogens with zero attached hydrogens (tertiary/aromatic N) is 3. The number of hydrogen-bond donors (Lipinski definition) is 3. The second-order valence-corrected chi connectivity index (χ2v) is 3.87. The van der Waals surface area contributed by atoms with Crippen molar-refractivity contribution in [1.82, 2.24) is 19.9 Å². The lowest BCUT2D eigenvalue weighted by molar-refractivity contribution is 0.194. The van der Waals surface area contributed by atoms with E-state index in [-0.39, 0.29) is 0 Å². The molecule has 0 fully saturated rings. The second-order valence-electron chi connectivity index (χ2n) is 3.87. The normalized spacial score (nSPS) is 10.8. The van der Waals surface area contributed by atoms with E-state index < -0.39 is 0 Å². The van der Waals surface area contributed by atoms with Crippen LogP contribution in [0.25, 0.3) is 11.2 Å². The molecular weight excluding hydrogens is 232 g/mol. The highest BCUT2D eigenvalue weighted by Gasteiger charge is 2.08. The molecule has 0 aliphatic rings. The van der Waals surface area contributed by atoms with Gasteiger partial charge in [0.1, 0.15) is 5.52 Å². The highest BCUT2D eigenvalue weighted by Crippen LogP contribution is 2.18. The summed E-state index contributed by atoms with van der Waals surface area (Å²) in [5.41, 5.74) is 1.49. The minimum atomic E-state index is 0.564. The Morgan fingerprint density at radius 2 is 2.22 bits per heavy atom. The molecule has 0 atom stereocenters. The standard InChI is InChI=1S/C11H18N6O/c1-12-11-16-9(13-5-3-4-6-18-2)8-10(17-11)15-7-14-8/h7H,3-6H2,1-2H3,(H3,12,13,14,15,16,17). The highest BCUT2D eigenvalue weighted by atomic mass is 16.5. The van der Waals surface area contributed by atoms with Gasteiger partial charge < -0.3 is 20.4 Å². The molecule has 3 N–H and O–H groups in total. The van der Waals surface area contributed by atoms with Gasteiger partial charge in [0.2, 0.25) is 5.95 Å². The number of fused-ring (bicyclic) bond motifs is 1. The van der Waals surface area contributed by atoms with Crippen molar-refractivity contribution < 1.29 is 4.74 Å². The fourth-order valence-corrected chi connectivity index (χ4v) is 1.65. The first kappa shape index (κ1) is 12.6. The topological polar surface area (TPSA) is 87.8 Å². The fraction of sp³-hybridized carbons (Fsp3) is 0.545. The SMILES string of the molecule is CNc1nc(NCCCCOC)c2[nH]cnc2n1. The Morgan fingerprint density at radius 1 is 1.33 bits per heavy atom. The van der Waals surface area contributed by atoms with Gasteiger partial charge in [-0.25, -0.2) is 4.98 Å². The number of aromatic amines is 1. The number of anilines is 2. The number of imidazole rings is 1. The van der Waals surface area contributed by atoms with Crippen LogP contribution in [0.3, 0.4) is 0 Å². The molecule has 18 heavy (non-hydrogen) atoms. The molecule has 0 saturated carbocycles. The number of methoxy groups -OCH3 is 1. The van der Waals surface area contributed by atoms with E-state index in [1.165, 1.54) is 0 Å². The zero-order valence-corrected chi connectivity index (χ0v) is 10.7. The third-order valence-electron chi connectivity index (χ3n) is 2.58. The van der Waals surface area contributed by atoms with Crippen molar-refractivity contribution in [3.05, 3.63) is 6.33 Å². The number of unbranched alkanes of at least 4 members (excludes halogenated alkanes) is 1. The summed E-state index contributed by atoms with van der Waals surface area (Å²) in [5.74, 6) is 1.34. The van der Waals surface area contributed by atoms with E-state index in [1.807, 2.05) is 0 Å². The molecule has 2 aromatic rings. The number of ether oxygens (including phenoxy) is 1. The van der Waals surface area contributed by atoms with Crippen LogP contribution in [0.2, 0.25) is 0 Å². The van der Waals surface area contributed by atoms with Crippen molar-refractivity contribution >= 4 is 22.9 Å². The number of hydrogen-bond acceptors (Lipinski definition) is 6. The van der Waals surface area contributed by atoms with Crippen molar-refractivity contribution in [3.8, 4) is 0 Å². The van der Waals surface area contributed by atoms with Crippen LogP contribution < -0.4 is 10.6 Å². The maximum atomic E-state index is 5.01. The molecule has 7 heteroatoms. The summed E-state index contributed by atoms with van der Waals surface area (Å²) < 4.78 is 5.01. The van der Waals surface area contributed by atoms with Crippen LogP contribution in [0.15, 0.2) is 6.33 Å². The van der Waals surface area contributed by atoms with Crippen molar-refractivity contribution in [3.63, 3.8) is 0 Å². The predicted molar refractivity (Wildman–Crippen MR) is 70.8 cm³/mol. The maximum Gasteiger partial charge on any atom is 0.226 e. The van der Waals surface area contributed by atoms with Crippen molar-refractivity contribution in [2.45, 2.75) is 12.8 Å². The summed E-state index contributed by atoms with van der Waals surface area (Å²) in [6.07, 6.45) is 3.68. The van der Waals surface area contributed by atoms with E-state index >= 15 is 0 Å². The largest absolute Gasteiger partial charge is 0.385 e. The van der Waals surface area contributed by atoms with Gasteiger partial charge in [-0.1, -0.05) is 0 Å². The summed E-state index contributed by atoms with van der Waals surface area (Å²) in [5, 5.41) is 6.21. The third-order valence-corrected chi connectivity index (χ3v) is 2.58. The molecule has 0 spiro atoms. The van der Waals surface area contributed by atoms with Crippen LogP contribution in [-0.4, -0.2) is 47.2 Å². The summed E-state index contributed by atoms with van der Waals surface area (Å²) in [6.45, 7) is 1.63. The number of rotatable bonds is 7. The van der Waals surface area contributed by atoms with Crippen LogP contribution in [0.5, 0.6) is 0 Å². The predicted octanol–water partition coefficient (Wildman–Crippen LogP) is 1.23. The molecule has 98 valence electrons. The monoisotopic (exact) mass is 250 g/mol. The Labute approximate surface area is 105 Å². The van der Waals surface area contributed by atoms with Crippen LogP contribution in [-0.2, 0) is 4.74 Å². The minimum absolute atomic E-state index is 0.564. The fourth-order valence-electron chi connectivity index (χ4n) is 1.65. The first-order valence-corrected chi connectivity index (χ1v) is 5.97. The van der Waals surface area contributed by atoms with E-state index in [9.17, 15) is 0 Å². The Bertz CT molecular complexity index is 497. The quantitative estimate of drug-likeness (QED) is 0.641. The summed E-state index contributed by atoms with van der Waals surface area (Å²) in [7, 11) is 3.50. The minimum Gasteiger partial charge on any atom is -0.385 e. The molecule has 2 rings (SSSR count). The van der Waals surface area contributed by atoms with Gasteiger partial charge in [-0.05, 0) is 12.8 Å². The molecule has 0 bridgehead atoms. The van der Waals surface area contributed by atoms with Crippen LogP contribution >= 0.6 is 0 Å². The molecule has 0 amide bonds. The first-order valence-electron chi connectivity index (χ1n) is 5.97. The highest BCUT2D eigenvalue weighted by molar-refractivity contribution is 5.83. The van der Waals surface area contributed by atoms with Gasteiger partial charge in [-0.2, -0.15) is 9.97 Å². The van der Waals surface area contributed by atoms with Gasteiger partial charge in [-0.3, -0.25) is 0 Å². The van der Waals surface area contributed by atoms with Crippen molar-refractivity contribution in [2.75, 3.05) is 37.9 Å². The zero-order valence-electron chi connectivity index (χ0n) is 10.7. The van der Waals surface area contributed by atoms with Gasteiger partial charge in [0.05, 0.1) is 6.33 Å². The molecule has 0 saturated heterocycles. The van der Waals surface area contributed by atoms with Gasteiger partial charge in [0, 0.05) is 27.3 Å². The molecule has 0 radical (unpaired) electrons. The molecule has 0 aliphatic heterocycles. The summed E-state index contributed by atoms with van der Waals surface area (Å²) >= 11 is 0. The van der Waals surface area contributed by atoms with Crippen LogP contribution in [0, 0.1) is 0 Å². The van der Waals surface area contributed by atoms with E-state index in [1.54, 1.807) is 20.5 Å². The van der Waals surface area contributed by atoms with Crippen molar-refractivity contribution in [2.24, 2.45) is 0 Å². The molecule has 0 aliphatic carbocycles. The molecule has 2 heterocycles. The molecular formula is C11H18N6O. The number of H-pyrrole nitrogens is 1. The summed E-state index contributed by atoms with van der Waals surface area (Å²) in [4.78, 5) is 15.8. The molecule has 0 unspecified atom stereocenters. The average molecular weight is 250 g/mol. The van der Waals surface area contributed by atoms with Gasteiger partial charge in [0.25, 0.3) is 0 Å². The Morgan fingerprint density at radius 3 is 3.00 bits per heavy atom. The third kappa shape index (κ3) is 2.86. The zero-order chi connectivity index (χ0) is 12.8. The molecule has 7 nitrogen and oxygen atoms in total. The first-order chi connectivity index (χ1) is 8.85. The molecule has 0 aromatic carbocycles. The smallest absolute Gasteiger partial charge is 0.226 e. The van der Waals surface area contributed by atoms with Gasteiger partial charge >= 0.3 is 0 Å².